The van der Waals surface area contributed by atoms with Crippen molar-refractivity contribution < 1.29 is 33.8 Å². The fourth-order valence-corrected chi connectivity index (χ4v) is 5.80. The molecular formula is C29H42N4O7. The van der Waals surface area contributed by atoms with Crippen LogP contribution >= 0.6 is 0 Å². The van der Waals surface area contributed by atoms with Crippen LogP contribution in [0.3, 0.4) is 0 Å². The number of carbonyl (C=O) groups excluding carboxylic acids is 4. The number of hydrogen-bond donors (Lipinski definition) is 3. The lowest BCUT2D eigenvalue weighted by Gasteiger charge is -2.33. The molecule has 1 aliphatic carbocycles. The number of amides is 3. The molecule has 3 amide bonds. The highest BCUT2D eigenvalue weighted by molar-refractivity contribution is 6.03. The van der Waals surface area contributed by atoms with Crippen molar-refractivity contribution in [2.45, 2.75) is 70.3 Å². The number of nitrogens with two attached hydrogens (primary N) is 1. The monoisotopic (exact) mass is 558 g/mol. The van der Waals surface area contributed by atoms with Gasteiger partial charge in [0.15, 0.2) is 0 Å². The molecule has 4 N–H and O–H groups in total. The first-order valence-corrected chi connectivity index (χ1v) is 14.1. The van der Waals surface area contributed by atoms with Crippen molar-refractivity contribution in [2.24, 2.45) is 17.1 Å². The van der Waals surface area contributed by atoms with E-state index in [0.717, 1.165) is 31.2 Å². The maximum Gasteiger partial charge on any atom is 0.325 e. The molecule has 0 spiro atoms. The van der Waals surface area contributed by atoms with Gasteiger partial charge in [-0.3, -0.25) is 28.9 Å². The summed E-state index contributed by atoms with van der Waals surface area (Å²) in [5.41, 5.74) is 6.02. The van der Waals surface area contributed by atoms with Gasteiger partial charge < -0.3 is 25.8 Å². The third-order valence-corrected chi connectivity index (χ3v) is 8.19. The summed E-state index contributed by atoms with van der Waals surface area (Å²) in [5, 5.41) is 12.9. The highest BCUT2D eigenvalue weighted by Crippen LogP contribution is 2.44. The van der Waals surface area contributed by atoms with Crippen molar-refractivity contribution in [3.8, 4) is 0 Å². The van der Waals surface area contributed by atoms with E-state index in [9.17, 15) is 29.1 Å². The number of rotatable bonds is 13. The van der Waals surface area contributed by atoms with Crippen LogP contribution in [0.5, 0.6) is 0 Å². The Hall–Kier alpha value is -3.47. The van der Waals surface area contributed by atoms with Crippen molar-refractivity contribution in [1.82, 2.24) is 10.2 Å². The van der Waals surface area contributed by atoms with Crippen LogP contribution in [-0.2, 0) is 35.1 Å². The number of aryl methyl sites for hydroxylation is 1. The van der Waals surface area contributed by atoms with Gasteiger partial charge >= 0.3 is 11.9 Å². The number of benzene rings is 1. The van der Waals surface area contributed by atoms with Gasteiger partial charge in [0.25, 0.3) is 0 Å². The first kappa shape index (κ1) is 31.1. The van der Waals surface area contributed by atoms with Crippen LogP contribution in [-0.4, -0.2) is 79.5 Å². The summed E-state index contributed by atoms with van der Waals surface area (Å²) in [6, 6.07) is 6.40. The number of ether oxygens (including phenoxy) is 1. The van der Waals surface area contributed by atoms with Crippen molar-refractivity contribution in [2.75, 3.05) is 38.7 Å². The number of fused-ring (bicyclic) bond motifs is 1. The van der Waals surface area contributed by atoms with E-state index < -0.39 is 35.2 Å². The van der Waals surface area contributed by atoms with Crippen molar-refractivity contribution >= 4 is 35.3 Å². The van der Waals surface area contributed by atoms with Gasteiger partial charge in [0.05, 0.1) is 18.4 Å². The zero-order valence-electron chi connectivity index (χ0n) is 23.5. The van der Waals surface area contributed by atoms with Gasteiger partial charge in [0, 0.05) is 25.7 Å². The van der Waals surface area contributed by atoms with E-state index in [-0.39, 0.29) is 31.2 Å². The van der Waals surface area contributed by atoms with E-state index in [4.69, 9.17) is 10.5 Å². The van der Waals surface area contributed by atoms with E-state index in [1.54, 1.807) is 19.2 Å². The second-order valence-electron chi connectivity index (χ2n) is 10.9. The molecule has 0 bridgehead atoms. The number of methoxy groups -OCH3 is 1. The zero-order valence-corrected chi connectivity index (χ0v) is 23.5. The molecule has 11 heteroatoms. The molecule has 1 aliphatic heterocycles. The van der Waals surface area contributed by atoms with Gasteiger partial charge in [-0.05, 0) is 63.1 Å². The molecule has 1 saturated carbocycles. The van der Waals surface area contributed by atoms with Gasteiger partial charge in [0.1, 0.15) is 12.6 Å². The lowest BCUT2D eigenvalue weighted by atomic mass is 9.75. The number of esters is 1. The number of unbranched alkanes of at least 4 members (excludes halogenated alkanes) is 1. The quantitative estimate of drug-likeness (QED) is 0.244. The number of nitrogens with one attached hydrogen (secondary N) is 1. The summed E-state index contributed by atoms with van der Waals surface area (Å²) in [6.07, 6.45) is 4.64. The van der Waals surface area contributed by atoms with Crippen LogP contribution in [0.2, 0.25) is 0 Å². The summed E-state index contributed by atoms with van der Waals surface area (Å²) in [6.45, 7) is 0.724. The highest BCUT2D eigenvalue weighted by Gasteiger charge is 2.46. The molecule has 2 unspecified atom stereocenters. The van der Waals surface area contributed by atoms with Crippen LogP contribution in [0, 0.1) is 11.3 Å². The van der Waals surface area contributed by atoms with E-state index in [1.165, 1.54) is 16.9 Å². The maximum absolute atomic E-state index is 13.8. The number of hydrogen-bond acceptors (Lipinski definition) is 7. The maximum atomic E-state index is 13.8. The van der Waals surface area contributed by atoms with Crippen molar-refractivity contribution in [3.05, 3.63) is 29.8 Å². The van der Waals surface area contributed by atoms with E-state index >= 15 is 0 Å². The molecular weight excluding hydrogens is 516 g/mol. The number of carbonyl (C=O) groups is 5. The Balaban J connectivity index is 1.77. The van der Waals surface area contributed by atoms with E-state index in [1.807, 2.05) is 12.1 Å². The Morgan fingerprint density at radius 3 is 2.55 bits per heavy atom. The summed E-state index contributed by atoms with van der Waals surface area (Å²) < 4.78 is 4.80. The number of anilines is 1. The summed E-state index contributed by atoms with van der Waals surface area (Å²) in [7, 11) is 2.90. The fraction of sp³-hybridized carbons (Fsp3) is 0.621. The Morgan fingerprint density at radius 2 is 1.90 bits per heavy atom. The van der Waals surface area contributed by atoms with E-state index in [0.29, 0.717) is 44.5 Å². The molecule has 11 nitrogen and oxygen atoms in total. The topological polar surface area (TPSA) is 159 Å². The lowest BCUT2D eigenvalue weighted by Crippen LogP contribution is -2.53. The Kier molecular flexibility index (Phi) is 11.1. The van der Waals surface area contributed by atoms with Crippen molar-refractivity contribution in [3.63, 3.8) is 0 Å². The number of carboxylic acids is 1. The Morgan fingerprint density at radius 1 is 1.20 bits per heavy atom. The lowest BCUT2D eigenvalue weighted by molar-refractivity contribution is -0.148. The molecule has 0 saturated heterocycles. The smallest absolute Gasteiger partial charge is 0.325 e. The molecule has 1 aromatic carbocycles. The predicted octanol–water partition coefficient (Wildman–Crippen LogP) is 1.86. The molecule has 2 atom stereocenters. The number of carboxylic acid groups (broad SMARTS) is 1. The Labute approximate surface area is 235 Å². The average molecular weight is 559 g/mol. The third-order valence-electron chi connectivity index (χ3n) is 8.19. The van der Waals surface area contributed by atoms with Gasteiger partial charge in [0.2, 0.25) is 17.7 Å². The minimum atomic E-state index is -1.12. The average Bonchev–Trinajstić information content (AvgIpc) is 3.38. The predicted molar refractivity (Wildman–Crippen MR) is 148 cm³/mol. The van der Waals surface area contributed by atoms with Crippen LogP contribution in [0.1, 0.15) is 63.4 Å². The minimum Gasteiger partial charge on any atom is -0.481 e. The standard InChI is InChI=1S/C29H42N4O7/c1-32(16-8-7-15-30)24(34)17-21(27(37)38)18-29(13-5-6-14-29)28(39)31-22-12-11-20-9-3-4-10-23(20)33(26(22)36)19-25(35)40-2/h3-4,9-10,21-22H,5-8,11-19,30H2,1-2H3,(H,31,39)(H,37,38). The number of nitrogens with zero attached hydrogens (tertiary/aromatic N) is 2. The van der Waals surface area contributed by atoms with Crippen LogP contribution in [0.4, 0.5) is 5.69 Å². The summed E-state index contributed by atoms with van der Waals surface area (Å²) in [5.74, 6) is -3.80. The van der Waals surface area contributed by atoms with E-state index in [2.05, 4.69) is 5.32 Å². The first-order chi connectivity index (χ1) is 19.1. The molecule has 3 rings (SSSR count). The molecule has 220 valence electrons. The third kappa shape index (κ3) is 7.59. The molecule has 40 heavy (non-hydrogen) atoms. The zero-order chi connectivity index (χ0) is 29.3. The molecule has 1 fully saturated rings. The van der Waals surface area contributed by atoms with Crippen LogP contribution < -0.4 is 16.0 Å². The molecule has 1 aromatic rings. The largest absolute Gasteiger partial charge is 0.481 e. The second-order valence-corrected chi connectivity index (χ2v) is 10.9. The first-order valence-electron chi connectivity index (χ1n) is 14.1. The summed E-state index contributed by atoms with van der Waals surface area (Å²) in [4.78, 5) is 67.5. The summed E-state index contributed by atoms with van der Waals surface area (Å²) >= 11 is 0. The molecule has 1 heterocycles. The Bertz CT molecular complexity index is 1090. The van der Waals surface area contributed by atoms with Gasteiger partial charge in [-0.25, -0.2) is 0 Å². The van der Waals surface area contributed by atoms with Gasteiger partial charge in [-0.15, -0.1) is 0 Å². The molecule has 2 aliphatic rings. The van der Waals surface area contributed by atoms with Crippen LogP contribution in [0.25, 0.3) is 0 Å². The van der Waals surface area contributed by atoms with Gasteiger partial charge in [-0.1, -0.05) is 31.0 Å². The SMILES string of the molecule is COC(=O)CN1C(=O)C(NC(=O)C2(CC(CC(=O)N(C)CCCCN)C(=O)O)CCCC2)CCc2ccccc21. The normalized spacial score (nSPS) is 18.8. The van der Waals surface area contributed by atoms with Gasteiger partial charge in [-0.2, -0.15) is 0 Å². The number of aliphatic carboxylic acids is 1. The van der Waals surface area contributed by atoms with Crippen LogP contribution in [0.15, 0.2) is 24.3 Å². The molecule has 0 radical (unpaired) electrons. The minimum absolute atomic E-state index is 0.0174. The number of para-hydroxylation sites is 1. The second kappa shape index (κ2) is 14.2. The van der Waals surface area contributed by atoms with Crippen molar-refractivity contribution in [1.29, 1.82) is 0 Å². The fourth-order valence-electron chi connectivity index (χ4n) is 5.80. The highest BCUT2D eigenvalue weighted by atomic mass is 16.5. The molecule has 0 aromatic heterocycles.